The Morgan fingerprint density at radius 2 is 2.14 bits per heavy atom. The molecule has 0 radical (unpaired) electrons. The van der Waals surface area contributed by atoms with Gasteiger partial charge in [0.05, 0.1) is 5.92 Å². The van der Waals surface area contributed by atoms with E-state index in [1.165, 1.54) is 10.4 Å². The molecule has 0 bridgehead atoms. The van der Waals surface area contributed by atoms with Gasteiger partial charge in [-0.25, -0.2) is 0 Å². The lowest BCUT2D eigenvalue weighted by Gasteiger charge is -2.36. The molecule has 0 aliphatic carbocycles. The summed E-state index contributed by atoms with van der Waals surface area (Å²) < 4.78 is 0. The molecule has 2 unspecified atom stereocenters. The van der Waals surface area contributed by atoms with Crippen LogP contribution in [-0.2, 0) is 11.3 Å². The topological polar surface area (TPSA) is 40.5 Å². The molecule has 2 heterocycles. The highest BCUT2D eigenvalue weighted by Gasteiger charge is 2.33. The van der Waals surface area contributed by atoms with Crippen molar-refractivity contribution in [3.8, 4) is 0 Å². The summed E-state index contributed by atoms with van der Waals surface area (Å²) in [4.78, 5) is 15.2. The van der Waals surface area contributed by atoms with Gasteiger partial charge in [-0.2, -0.15) is 0 Å². The van der Waals surface area contributed by atoms with Crippen LogP contribution in [0.4, 0.5) is 0 Å². The number of nitrogens with zero attached hydrogens (tertiary/aromatic N) is 1. The zero-order valence-electron chi connectivity index (χ0n) is 12.2. The number of carboxylic acids is 1. The fourth-order valence-corrected chi connectivity index (χ4v) is 4.14. The number of hydrogen-bond acceptors (Lipinski definition) is 3. The van der Waals surface area contributed by atoms with Crippen LogP contribution >= 0.6 is 11.3 Å². The zero-order valence-corrected chi connectivity index (χ0v) is 13.1. The third kappa shape index (κ3) is 2.61. The largest absolute Gasteiger partial charge is 0.481 e. The Morgan fingerprint density at radius 1 is 1.38 bits per heavy atom. The summed E-state index contributed by atoms with van der Waals surface area (Å²) in [5.74, 6) is -1.17. The number of carbonyl (C=O) groups is 1. The van der Waals surface area contributed by atoms with Crippen molar-refractivity contribution < 1.29 is 9.90 Å². The molecule has 3 nitrogen and oxygen atoms in total. The number of rotatable bonds is 3. The molecule has 110 valence electrons. The van der Waals surface area contributed by atoms with E-state index in [9.17, 15) is 9.90 Å². The molecule has 1 N–H and O–H groups in total. The standard InChI is InChI=1S/C17H19NO2S/c1-11-7-8-21-16(11)12(2)18-9-13-5-3-4-6-14(13)15(10-18)17(19)20/h3-8,12,15H,9-10H2,1-2H3,(H,19,20). The first-order valence-electron chi connectivity index (χ1n) is 7.16. The SMILES string of the molecule is Cc1ccsc1C(C)N1Cc2ccccc2C(C(=O)O)C1. The molecule has 1 aliphatic heterocycles. The monoisotopic (exact) mass is 301 g/mol. The average molecular weight is 301 g/mol. The molecule has 2 atom stereocenters. The third-order valence-electron chi connectivity index (χ3n) is 4.35. The molecule has 0 amide bonds. The van der Waals surface area contributed by atoms with E-state index in [1.807, 2.05) is 24.3 Å². The molecule has 1 aliphatic rings. The van der Waals surface area contributed by atoms with Crippen LogP contribution in [0, 0.1) is 6.92 Å². The van der Waals surface area contributed by atoms with E-state index in [2.05, 4.69) is 30.2 Å². The Labute approximate surface area is 128 Å². The number of thiophene rings is 1. The molecular weight excluding hydrogens is 282 g/mol. The Kier molecular flexibility index (Phi) is 3.83. The number of hydrogen-bond donors (Lipinski definition) is 1. The van der Waals surface area contributed by atoms with Crippen LogP contribution in [0.5, 0.6) is 0 Å². The van der Waals surface area contributed by atoms with Crippen LogP contribution in [0.2, 0.25) is 0 Å². The van der Waals surface area contributed by atoms with Gasteiger partial charge in [0.1, 0.15) is 0 Å². The average Bonchev–Trinajstić information content (AvgIpc) is 2.91. The van der Waals surface area contributed by atoms with E-state index in [-0.39, 0.29) is 6.04 Å². The Balaban J connectivity index is 1.93. The van der Waals surface area contributed by atoms with Crippen molar-refractivity contribution in [1.29, 1.82) is 0 Å². The molecule has 0 fully saturated rings. The number of fused-ring (bicyclic) bond motifs is 1. The summed E-state index contributed by atoms with van der Waals surface area (Å²) >= 11 is 1.75. The second-order valence-electron chi connectivity index (χ2n) is 5.66. The third-order valence-corrected chi connectivity index (χ3v) is 5.54. The summed E-state index contributed by atoms with van der Waals surface area (Å²) in [6, 6.07) is 10.3. The minimum absolute atomic E-state index is 0.250. The van der Waals surface area contributed by atoms with Crippen molar-refractivity contribution in [3.05, 3.63) is 57.3 Å². The summed E-state index contributed by atoms with van der Waals surface area (Å²) in [7, 11) is 0. The molecule has 2 aromatic rings. The zero-order chi connectivity index (χ0) is 15.0. The van der Waals surface area contributed by atoms with Crippen molar-refractivity contribution in [2.75, 3.05) is 6.54 Å². The van der Waals surface area contributed by atoms with E-state index in [4.69, 9.17) is 0 Å². The van der Waals surface area contributed by atoms with Gasteiger partial charge in [0.25, 0.3) is 0 Å². The van der Waals surface area contributed by atoms with Gasteiger partial charge in [-0.05, 0) is 42.0 Å². The van der Waals surface area contributed by atoms with E-state index < -0.39 is 11.9 Å². The molecule has 0 saturated carbocycles. The molecule has 0 spiro atoms. The first-order chi connectivity index (χ1) is 10.1. The number of benzene rings is 1. The van der Waals surface area contributed by atoms with Gasteiger partial charge >= 0.3 is 5.97 Å². The predicted molar refractivity (Wildman–Crippen MR) is 84.7 cm³/mol. The summed E-state index contributed by atoms with van der Waals surface area (Å²) in [6.07, 6.45) is 0. The smallest absolute Gasteiger partial charge is 0.312 e. The number of aliphatic carboxylic acids is 1. The van der Waals surface area contributed by atoms with Crippen LogP contribution in [0.25, 0.3) is 0 Å². The number of aryl methyl sites for hydroxylation is 1. The van der Waals surface area contributed by atoms with Gasteiger partial charge in [0.15, 0.2) is 0 Å². The fourth-order valence-electron chi connectivity index (χ4n) is 3.12. The van der Waals surface area contributed by atoms with Gasteiger partial charge in [-0.3, -0.25) is 9.69 Å². The number of carboxylic acid groups (broad SMARTS) is 1. The second kappa shape index (κ2) is 5.62. The molecule has 21 heavy (non-hydrogen) atoms. The summed E-state index contributed by atoms with van der Waals surface area (Å²) in [6.45, 7) is 5.68. The molecule has 3 rings (SSSR count). The summed E-state index contributed by atoms with van der Waals surface area (Å²) in [5, 5.41) is 11.7. The highest BCUT2D eigenvalue weighted by molar-refractivity contribution is 7.10. The minimum Gasteiger partial charge on any atom is -0.481 e. The first-order valence-corrected chi connectivity index (χ1v) is 8.04. The quantitative estimate of drug-likeness (QED) is 0.937. The normalized spacial score (nSPS) is 20.0. The molecule has 1 aromatic heterocycles. The maximum Gasteiger partial charge on any atom is 0.312 e. The second-order valence-corrected chi connectivity index (χ2v) is 6.61. The van der Waals surface area contributed by atoms with E-state index in [1.54, 1.807) is 11.3 Å². The minimum atomic E-state index is -0.734. The lowest BCUT2D eigenvalue weighted by atomic mass is 9.89. The molecule has 4 heteroatoms. The van der Waals surface area contributed by atoms with E-state index in [0.717, 1.165) is 17.7 Å². The Bertz CT molecular complexity index is 664. The highest BCUT2D eigenvalue weighted by atomic mass is 32.1. The van der Waals surface area contributed by atoms with E-state index in [0.29, 0.717) is 6.54 Å². The molecule has 1 aromatic carbocycles. The van der Waals surface area contributed by atoms with Crippen LogP contribution in [0.1, 0.15) is 40.5 Å². The van der Waals surface area contributed by atoms with Crippen LogP contribution < -0.4 is 0 Å². The highest BCUT2D eigenvalue weighted by Crippen LogP contribution is 2.36. The maximum absolute atomic E-state index is 11.6. The van der Waals surface area contributed by atoms with Gasteiger partial charge in [0, 0.05) is 24.0 Å². The van der Waals surface area contributed by atoms with Crippen LogP contribution in [-0.4, -0.2) is 22.5 Å². The fraction of sp³-hybridized carbons (Fsp3) is 0.353. The van der Waals surface area contributed by atoms with Crippen LogP contribution in [0.15, 0.2) is 35.7 Å². The van der Waals surface area contributed by atoms with Crippen LogP contribution in [0.3, 0.4) is 0 Å². The van der Waals surface area contributed by atoms with Gasteiger partial charge in [-0.1, -0.05) is 24.3 Å². The lowest BCUT2D eigenvalue weighted by molar-refractivity contribution is -0.139. The van der Waals surface area contributed by atoms with Crippen molar-refractivity contribution >= 4 is 17.3 Å². The van der Waals surface area contributed by atoms with Gasteiger partial charge in [-0.15, -0.1) is 11.3 Å². The van der Waals surface area contributed by atoms with Gasteiger partial charge < -0.3 is 5.11 Å². The summed E-state index contributed by atoms with van der Waals surface area (Å²) in [5.41, 5.74) is 3.40. The Morgan fingerprint density at radius 3 is 2.81 bits per heavy atom. The van der Waals surface area contributed by atoms with Crippen molar-refractivity contribution in [2.24, 2.45) is 0 Å². The lowest BCUT2D eigenvalue weighted by Crippen LogP contribution is -2.38. The molecular formula is C17H19NO2S. The Hall–Kier alpha value is -1.65. The first kappa shape index (κ1) is 14.3. The predicted octanol–water partition coefficient (Wildman–Crippen LogP) is 3.80. The van der Waals surface area contributed by atoms with E-state index >= 15 is 0 Å². The van der Waals surface area contributed by atoms with Crippen molar-refractivity contribution in [2.45, 2.75) is 32.4 Å². The molecule has 0 saturated heterocycles. The maximum atomic E-state index is 11.6. The van der Waals surface area contributed by atoms with Gasteiger partial charge in [0.2, 0.25) is 0 Å². The van der Waals surface area contributed by atoms with Crippen molar-refractivity contribution in [1.82, 2.24) is 4.90 Å². The van der Waals surface area contributed by atoms with Crippen molar-refractivity contribution in [3.63, 3.8) is 0 Å².